The lowest BCUT2D eigenvalue weighted by Gasteiger charge is -2.17. The van der Waals surface area contributed by atoms with Gasteiger partial charge in [0.2, 0.25) is 0 Å². The quantitative estimate of drug-likeness (QED) is 0.676. The lowest BCUT2D eigenvalue weighted by Crippen LogP contribution is -2.26. The Kier molecular flexibility index (Phi) is 8.25. The van der Waals surface area contributed by atoms with Crippen LogP contribution in [0.15, 0.2) is 47.7 Å². The lowest BCUT2D eigenvalue weighted by molar-refractivity contribution is 0.402. The van der Waals surface area contributed by atoms with E-state index in [0.717, 1.165) is 47.2 Å². The van der Waals surface area contributed by atoms with E-state index < -0.39 is 0 Å². The summed E-state index contributed by atoms with van der Waals surface area (Å²) in [5.41, 5.74) is 3.72. The molecular weight excluding hydrogens is 386 g/mol. The second-order valence-electron chi connectivity index (χ2n) is 7.95. The van der Waals surface area contributed by atoms with Gasteiger partial charge >= 0.3 is 0 Å². The van der Waals surface area contributed by atoms with Gasteiger partial charge in [-0.1, -0.05) is 32.1 Å². The normalized spacial score (nSPS) is 16.5. The maximum absolute atomic E-state index is 9.12. The minimum Gasteiger partial charge on any atom is -0.373 e. The molecule has 3 heterocycles. The molecule has 0 unspecified atom stereocenters. The van der Waals surface area contributed by atoms with Crippen LogP contribution in [0, 0.1) is 17.2 Å². The molecule has 0 radical (unpaired) electrons. The Bertz CT molecular complexity index is 1000. The number of rotatable bonds is 5. The monoisotopic (exact) mass is 419 g/mol. The van der Waals surface area contributed by atoms with Gasteiger partial charge in [-0.25, -0.2) is 4.98 Å². The minimum atomic E-state index is 0.610. The lowest BCUT2D eigenvalue weighted by atomic mass is 10.0. The van der Waals surface area contributed by atoms with Crippen LogP contribution in [0.1, 0.15) is 38.7 Å². The summed E-state index contributed by atoms with van der Waals surface area (Å²) in [6.07, 6.45) is 14.2. The Hall–Kier alpha value is -3.11. The van der Waals surface area contributed by atoms with E-state index in [9.17, 15) is 0 Å². The first-order valence-corrected chi connectivity index (χ1v) is 11.1. The highest BCUT2D eigenvalue weighted by Gasteiger charge is 2.10. The van der Waals surface area contributed by atoms with Crippen LogP contribution in [0.2, 0.25) is 0 Å². The maximum Gasteiger partial charge on any atom is 0.162 e. The van der Waals surface area contributed by atoms with Crippen LogP contribution in [0.25, 0.3) is 5.65 Å². The maximum atomic E-state index is 9.12. The number of allylic oxidation sites excluding steroid dienone is 4. The molecule has 0 aromatic carbocycles. The van der Waals surface area contributed by atoms with Crippen molar-refractivity contribution in [2.75, 3.05) is 37.3 Å². The molecule has 31 heavy (non-hydrogen) atoms. The summed E-state index contributed by atoms with van der Waals surface area (Å²) in [5.74, 6) is 2.63. The summed E-state index contributed by atoms with van der Waals surface area (Å²) in [6, 6.07) is 4.14. The number of aromatic nitrogens is 3. The Morgan fingerprint density at radius 1 is 1.32 bits per heavy atom. The topological polar surface area (TPSA) is 90.1 Å². The molecule has 0 bridgehead atoms. The van der Waals surface area contributed by atoms with Gasteiger partial charge in [-0.15, -0.1) is 0 Å². The summed E-state index contributed by atoms with van der Waals surface area (Å²) in [6.45, 7) is 7.50. The number of aryl methyl sites for hydroxylation is 1. The molecule has 4 rings (SSSR count). The highest BCUT2D eigenvalue weighted by molar-refractivity contribution is 5.60. The van der Waals surface area contributed by atoms with Crippen molar-refractivity contribution in [1.29, 1.82) is 5.26 Å². The highest BCUT2D eigenvalue weighted by Crippen LogP contribution is 2.20. The fraction of sp³-hybridized carbons (Fsp3) is 0.458. The molecule has 3 N–H and O–H groups in total. The van der Waals surface area contributed by atoms with Crippen molar-refractivity contribution >= 4 is 17.3 Å². The van der Waals surface area contributed by atoms with E-state index in [-0.39, 0.29) is 0 Å². The zero-order valence-electron chi connectivity index (χ0n) is 18.8. The number of fused-ring (bicyclic) bond motifs is 1. The molecule has 2 aromatic heterocycles. The molecule has 2 aliphatic rings. The highest BCUT2D eigenvalue weighted by atomic mass is 15.3. The number of nitrogens with one attached hydrogen (secondary N) is 3. The third kappa shape index (κ3) is 6.19. The average molecular weight is 420 g/mol. The summed E-state index contributed by atoms with van der Waals surface area (Å²) in [4.78, 5) is 4.59. The molecule has 1 fully saturated rings. The van der Waals surface area contributed by atoms with Gasteiger partial charge < -0.3 is 16.0 Å². The Morgan fingerprint density at radius 2 is 2.13 bits per heavy atom. The van der Waals surface area contributed by atoms with Crippen LogP contribution in [0.4, 0.5) is 11.6 Å². The molecule has 2 aromatic rings. The Balaban J connectivity index is 0.000000330. The van der Waals surface area contributed by atoms with Crippen molar-refractivity contribution in [2.24, 2.45) is 5.92 Å². The van der Waals surface area contributed by atoms with Crippen molar-refractivity contribution in [3.63, 3.8) is 0 Å². The van der Waals surface area contributed by atoms with E-state index in [1.165, 1.54) is 25.9 Å². The van der Waals surface area contributed by atoms with E-state index in [2.05, 4.69) is 52.0 Å². The first-order valence-electron chi connectivity index (χ1n) is 11.1. The minimum absolute atomic E-state index is 0.610. The number of hydrogen-bond acceptors (Lipinski definition) is 6. The van der Waals surface area contributed by atoms with Gasteiger partial charge in [0.05, 0.1) is 12.3 Å². The van der Waals surface area contributed by atoms with Crippen molar-refractivity contribution in [3.8, 4) is 6.07 Å². The van der Waals surface area contributed by atoms with Gasteiger partial charge in [0.1, 0.15) is 11.6 Å². The van der Waals surface area contributed by atoms with Gasteiger partial charge in [-0.05, 0) is 56.3 Å². The fourth-order valence-electron chi connectivity index (χ4n) is 3.58. The van der Waals surface area contributed by atoms with Crippen molar-refractivity contribution in [1.82, 2.24) is 19.9 Å². The second-order valence-corrected chi connectivity index (χ2v) is 7.95. The standard InChI is InChI=1S/C18H20N6.C6H13N/c1-3-15-12-22-24-17(9-16(20-2)23-18(15)24)21-11-14-7-5-4-6-13(8-14)10-19;1-6-2-4-7-5-3-6/h5-9,12,21H,3-4,11H2,1-2H3,(H,20,23);6-7H,2-5H2,1H3. The van der Waals surface area contributed by atoms with Crippen LogP contribution < -0.4 is 16.0 Å². The van der Waals surface area contributed by atoms with Gasteiger partial charge in [0, 0.05) is 30.8 Å². The van der Waals surface area contributed by atoms with Crippen LogP contribution in [0.5, 0.6) is 0 Å². The third-order valence-corrected chi connectivity index (χ3v) is 5.56. The number of hydrogen-bond donors (Lipinski definition) is 3. The Labute approximate surface area is 184 Å². The van der Waals surface area contributed by atoms with E-state index in [0.29, 0.717) is 12.1 Å². The molecule has 0 spiro atoms. The zero-order chi connectivity index (χ0) is 22.1. The molecule has 1 saturated heterocycles. The van der Waals surface area contributed by atoms with Crippen molar-refractivity contribution in [2.45, 2.75) is 39.5 Å². The molecule has 1 aliphatic carbocycles. The van der Waals surface area contributed by atoms with E-state index in [4.69, 9.17) is 5.26 Å². The number of anilines is 2. The summed E-state index contributed by atoms with van der Waals surface area (Å²) < 4.78 is 1.82. The van der Waals surface area contributed by atoms with Gasteiger partial charge in [-0.3, -0.25) is 0 Å². The predicted molar refractivity (Wildman–Crippen MR) is 127 cm³/mol. The summed E-state index contributed by atoms with van der Waals surface area (Å²) in [5, 5.41) is 23.4. The average Bonchev–Trinajstić information content (AvgIpc) is 3.08. The van der Waals surface area contributed by atoms with E-state index in [1.807, 2.05) is 42.1 Å². The SMILES string of the molecule is CC1CCNCC1.CCc1cnn2c(NCC3=CC(C#N)=CCC=C3)cc(NC)nc12. The molecule has 0 atom stereocenters. The van der Waals surface area contributed by atoms with Crippen LogP contribution in [0.3, 0.4) is 0 Å². The summed E-state index contributed by atoms with van der Waals surface area (Å²) >= 11 is 0. The van der Waals surface area contributed by atoms with Crippen molar-refractivity contribution in [3.05, 3.63) is 53.3 Å². The smallest absolute Gasteiger partial charge is 0.162 e. The predicted octanol–water partition coefficient (Wildman–Crippen LogP) is 4.09. The van der Waals surface area contributed by atoms with Crippen LogP contribution in [-0.2, 0) is 6.42 Å². The zero-order valence-corrected chi connectivity index (χ0v) is 18.8. The summed E-state index contributed by atoms with van der Waals surface area (Å²) in [7, 11) is 1.85. The molecule has 7 nitrogen and oxygen atoms in total. The second kappa shape index (κ2) is 11.3. The molecule has 164 valence electrons. The number of nitrogens with zero attached hydrogens (tertiary/aromatic N) is 4. The largest absolute Gasteiger partial charge is 0.373 e. The van der Waals surface area contributed by atoms with Gasteiger partial charge in [-0.2, -0.15) is 14.9 Å². The first-order chi connectivity index (χ1) is 15.1. The van der Waals surface area contributed by atoms with Crippen molar-refractivity contribution < 1.29 is 0 Å². The Morgan fingerprint density at radius 3 is 2.77 bits per heavy atom. The molecule has 0 saturated carbocycles. The van der Waals surface area contributed by atoms with Gasteiger partial charge in [0.25, 0.3) is 0 Å². The fourth-order valence-corrected chi connectivity index (χ4v) is 3.58. The third-order valence-electron chi connectivity index (χ3n) is 5.56. The van der Waals surface area contributed by atoms with E-state index in [1.54, 1.807) is 0 Å². The van der Waals surface area contributed by atoms with Crippen LogP contribution >= 0.6 is 0 Å². The molecular formula is C24H33N7. The molecule has 1 aliphatic heterocycles. The molecule has 7 heteroatoms. The van der Waals surface area contributed by atoms with E-state index >= 15 is 0 Å². The first kappa shape index (κ1) is 22.6. The molecule has 0 amide bonds. The van der Waals surface area contributed by atoms with Gasteiger partial charge in [0.15, 0.2) is 5.65 Å². The van der Waals surface area contributed by atoms with Crippen LogP contribution in [-0.4, -0.2) is 41.3 Å². The number of piperidine rings is 1. The number of nitriles is 1.